The number of amides is 1. The van der Waals surface area contributed by atoms with E-state index in [0.29, 0.717) is 17.9 Å². The molecule has 0 saturated heterocycles. The summed E-state index contributed by atoms with van der Waals surface area (Å²) in [7, 11) is 0. The van der Waals surface area contributed by atoms with Crippen LogP contribution in [0.1, 0.15) is 29.3 Å². The van der Waals surface area contributed by atoms with Gasteiger partial charge in [0.05, 0.1) is 29.6 Å². The molecule has 2 aromatic carbocycles. The van der Waals surface area contributed by atoms with E-state index in [0.717, 1.165) is 34.2 Å². The van der Waals surface area contributed by atoms with Crippen LogP contribution in [0.5, 0.6) is 5.75 Å². The van der Waals surface area contributed by atoms with Crippen LogP contribution in [0.4, 0.5) is 0 Å². The molecule has 0 aliphatic heterocycles. The number of nitrogens with one attached hydrogen (secondary N) is 1. The highest BCUT2D eigenvalue weighted by Gasteiger charge is 2.14. The van der Waals surface area contributed by atoms with Crippen LogP contribution in [-0.4, -0.2) is 28.7 Å². The van der Waals surface area contributed by atoms with Gasteiger partial charge in [0.1, 0.15) is 5.75 Å². The molecule has 0 atom stereocenters. The molecule has 6 nitrogen and oxygen atoms in total. The van der Waals surface area contributed by atoms with Crippen molar-refractivity contribution in [2.24, 2.45) is 5.10 Å². The van der Waals surface area contributed by atoms with E-state index in [-0.39, 0.29) is 5.91 Å². The number of hydrogen-bond acceptors (Lipinski definition) is 5. The predicted molar refractivity (Wildman–Crippen MR) is 122 cm³/mol. The third-order valence-corrected chi connectivity index (χ3v) is 4.65. The molecule has 0 spiro atoms. The normalized spacial score (nSPS) is 11.0. The summed E-state index contributed by atoms with van der Waals surface area (Å²) in [6.07, 6.45) is 5.86. The number of hydrazone groups is 1. The van der Waals surface area contributed by atoms with Crippen LogP contribution in [0.2, 0.25) is 0 Å². The van der Waals surface area contributed by atoms with E-state index in [4.69, 9.17) is 9.72 Å². The number of ether oxygens (including phenoxy) is 1. The second-order valence-corrected chi connectivity index (χ2v) is 6.93. The quantitative estimate of drug-likeness (QED) is 0.349. The first kappa shape index (κ1) is 20.2. The molecule has 1 amide bonds. The lowest BCUT2D eigenvalue weighted by atomic mass is 10.0. The minimum Gasteiger partial charge on any atom is -0.494 e. The summed E-state index contributed by atoms with van der Waals surface area (Å²) in [5, 5.41) is 4.85. The minimum absolute atomic E-state index is 0.302. The van der Waals surface area contributed by atoms with E-state index in [9.17, 15) is 4.79 Å². The Balaban J connectivity index is 1.67. The Bertz CT molecular complexity index is 1220. The molecule has 2 aromatic heterocycles. The Morgan fingerprint density at radius 3 is 2.74 bits per heavy atom. The van der Waals surface area contributed by atoms with Crippen molar-refractivity contribution in [3.63, 3.8) is 0 Å². The molecule has 0 saturated carbocycles. The van der Waals surface area contributed by atoms with E-state index in [2.05, 4.69) is 22.4 Å². The summed E-state index contributed by atoms with van der Waals surface area (Å²) < 4.78 is 5.75. The highest BCUT2D eigenvalue weighted by molar-refractivity contribution is 6.07. The predicted octanol–water partition coefficient (Wildman–Crippen LogP) is 4.85. The second kappa shape index (κ2) is 9.63. The topological polar surface area (TPSA) is 76.5 Å². The molecule has 0 aliphatic carbocycles. The Labute approximate surface area is 180 Å². The molecule has 0 bridgehead atoms. The number of carbonyl (C=O) groups is 1. The van der Waals surface area contributed by atoms with Crippen LogP contribution in [-0.2, 0) is 0 Å². The van der Waals surface area contributed by atoms with Crippen molar-refractivity contribution in [1.29, 1.82) is 0 Å². The first-order chi connectivity index (χ1) is 15.2. The molecule has 6 heteroatoms. The fraction of sp³-hybridized carbons (Fsp3) is 0.120. The van der Waals surface area contributed by atoms with Gasteiger partial charge < -0.3 is 4.74 Å². The zero-order valence-corrected chi connectivity index (χ0v) is 17.2. The van der Waals surface area contributed by atoms with E-state index in [1.54, 1.807) is 24.7 Å². The molecule has 0 unspecified atom stereocenters. The van der Waals surface area contributed by atoms with E-state index >= 15 is 0 Å². The Morgan fingerprint density at radius 2 is 1.90 bits per heavy atom. The summed E-state index contributed by atoms with van der Waals surface area (Å²) in [5.41, 5.74) is 6.29. The molecule has 1 N–H and O–H groups in total. The van der Waals surface area contributed by atoms with Gasteiger partial charge in [-0.2, -0.15) is 5.10 Å². The van der Waals surface area contributed by atoms with E-state index < -0.39 is 0 Å². The van der Waals surface area contributed by atoms with Crippen LogP contribution >= 0.6 is 0 Å². The third-order valence-electron chi connectivity index (χ3n) is 4.65. The fourth-order valence-electron chi connectivity index (χ4n) is 3.15. The molecule has 4 rings (SSSR count). The van der Waals surface area contributed by atoms with Crippen LogP contribution < -0.4 is 10.2 Å². The molecule has 2 heterocycles. The molecule has 154 valence electrons. The minimum atomic E-state index is -0.302. The van der Waals surface area contributed by atoms with Gasteiger partial charge >= 0.3 is 0 Å². The molecule has 4 aromatic rings. The lowest BCUT2D eigenvalue weighted by molar-refractivity contribution is 0.0956. The van der Waals surface area contributed by atoms with E-state index in [1.165, 1.54) is 0 Å². The lowest BCUT2D eigenvalue weighted by Gasteiger charge is -2.10. The summed E-state index contributed by atoms with van der Waals surface area (Å²) in [6.45, 7) is 2.72. The Hall–Kier alpha value is -4.06. The zero-order chi connectivity index (χ0) is 21.5. The molecular formula is C25H22N4O2. The number of pyridine rings is 2. The number of para-hydroxylation sites is 1. The van der Waals surface area contributed by atoms with Crippen molar-refractivity contribution < 1.29 is 9.53 Å². The van der Waals surface area contributed by atoms with Gasteiger partial charge in [0.25, 0.3) is 5.91 Å². The molecule has 31 heavy (non-hydrogen) atoms. The molecular weight excluding hydrogens is 388 g/mol. The first-order valence-electron chi connectivity index (χ1n) is 10.1. The number of benzene rings is 2. The number of fused-ring (bicyclic) bond motifs is 1. The summed E-state index contributed by atoms with van der Waals surface area (Å²) in [4.78, 5) is 21.7. The SMILES string of the molecule is CCCOc1cccc(-c2cc(C(=O)NN=Cc3ccncc3)c3ccccc3n2)c1. The smallest absolute Gasteiger partial charge is 0.272 e. The Morgan fingerprint density at radius 1 is 1.06 bits per heavy atom. The van der Waals surface area contributed by atoms with Crippen LogP contribution in [0.3, 0.4) is 0 Å². The highest BCUT2D eigenvalue weighted by Crippen LogP contribution is 2.27. The van der Waals surface area contributed by atoms with Gasteiger partial charge in [-0.3, -0.25) is 9.78 Å². The van der Waals surface area contributed by atoms with Gasteiger partial charge in [0, 0.05) is 23.3 Å². The number of carbonyl (C=O) groups excluding carboxylic acids is 1. The van der Waals surface area contributed by atoms with Gasteiger partial charge in [-0.1, -0.05) is 37.3 Å². The summed E-state index contributed by atoms with van der Waals surface area (Å²) >= 11 is 0. The molecule has 0 radical (unpaired) electrons. The van der Waals surface area contributed by atoms with Gasteiger partial charge in [-0.25, -0.2) is 10.4 Å². The number of aromatic nitrogens is 2. The van der Waals surface area contributed by atoms with Crippen molar-refractivity contribution in [3.05, 3.63) is 90.3 Å². The maximum atomic E-state index is 13.0. The number of rotatable bonds is 7. The number of hydrogen-bond donors (Lipinski definition) is 1. The average molecular weight is 410 g/mol. The van der Waals surface area contributed by atoms with Gasteiger partial charge in [-0.15, -0.1) is 0 Å². The number of nitrogens with zero attached hydrogens (tertiary/aromatic N) is 3. The van der Waals surface area contributed by atoms with Crippen molar-refractivity contribution >= 4 is 23.0 Å². The molecule has 0 fully saturated rings. The molecule has 0 aliphatic rings. The van der Waals surface area contributed by atoms with Crippen molar-refractivity contribution in [2.45, 2.75) is 13.3 Å². The fourth-order valence-corrected chi connectivity index (χ4v) is 3.15. The lowest BCUT2D eigenvalue weighted by Crippen LogP contribution is -2.18. The highest BCUT2D eigenvalue weighted by atomic mass is 16.5. The van der Waals surface area contributed by atoms with Crippen LogP contribution in [0, 0.1) is 0 Å². The summed E-state index contributed by atoms with van der Waals surface area (Å²) in [5.74, 6) is 0.478. The van der Waals surface area contributed by atoms with Gasteiger partial charge in [0.15, 0.2) is 0 Å². The zero-order valence-electron chi connectivity index (χ0n) is 17.2. The Kier molecular flexibility index (Phi) is 6.28. The third kappa shape index (κ3) is 4.93. The van der Waals surface area contributed by atoms with Crippen LogP contribution in [0.15, 0.2) is 84.2 Å². The largest absolute Gasteiger partial charge is 0.494 e. The van der Waals surface area contributed by atoms with Gasteiger partial charge in [0.2, 0.25) is 0 Å². The first-order valence-corrected chi connectivity index (χ1v) is 10.1. The van der Waals surface area contributed by atoms with E-state index in [1.807, 2.05) is 60.7 Å². The second-order valence-electron chi connectivity index (χ2n) is 6.93. The van der Waals surface area contributed by atoms with Crippen molar-refractivity contribution in [1.82, 2.24) is 15.4 Å². The standard InChI is InChI=1S/C25H22N4O2/c1-2-14-31-20-7-5-6-19(15-20)24-16-22(21-8-3-4-9-23(21)28-24)25(30)29-27-17-18-10-12-26-13-11-18/h3-13,15-17H,2,14H2,1H3,(H,29,30). The van der Waals surface area contributed by atoms with Crippen molar-refractivity contribution in [2.75, 3.05) is 6.61 Å². The monoisotopic (exact) mass is 410 g/mol. The maximum absolute atomic E-state index is 13.0. The maximum Gasteiger partial charge on any atom is 0.272 e. The van der Waals surface area contributed by atoms with Crippen molar-refractivity contribution in [3.8, 4) is 17.0 Å². The van der Waals surface area contributed by atoms with Gasteiger partial charge in [-0.05, 0) is 48.4 Å². The summed E-state index contributed by atoms with van der Waals surface area (Å²) in [6, 6.07) is 20.7. The average Bonchev–Trinajstić information content (AvgIpc) is 2.83. The van der Waals surface area contributed by atoms with Crippen LogP contribution in [0.25, 0.3) is 22.2 Å².